The summed E-state index contributed by atoms with van der Waals surface area (Å²) < 4.78 is 5.25. The Balaban J connectivity index is 1.98. The summed E-state index contributed by atoms with van der Waals surface area (Å²) in [5.41, 5.74) is 0. The van der Waals surface area contributed by atoms with Crippen LogP contribution in [-0.4, -0.2) is 23.8 Å². The molecular weight excluding hydrogens is 210 g/mol. The number of nitrogens with one attached hydrogen (secondary N) is 1. The van der Waals surface area contributed by atoms with Gasteiger partial charge in [-0.15, -0.1) is 10.2 Å². The van der Waals surface area contributed by atoms with Gasteiger partial charge in [-0.1, -0.05) is 11.3 Å². The Bertz CT molecular complexity index is 396. The fraction of sp³-hybridized carbons (Fsp3) is 0.400. The van der Waals surface area contributed by atoms with Crippen LogP contribution in [0.1, 0.15) is 11.4 Å². The lowest BCUT2D eigenvalue weighted by atomic mass is 10.3. The summed E-state index contributed by atoms with van der Waals surface area (Å²) in [4.78, 5) is 0. The zero-order chi connectivity index (χ0) is 10.5. The van der Waals surface area contributed by atoms with Gasteiger partial charge in [0.1, 0.15) is 5.01 Å². The molecule has 2 heterocycles. The van der Waals surface area contributed by atoms with Gasteiger partial charge in [-0.3, -0.25) is 0 Å². The van der Waals surface area contributed by atoms with E-state index in [1.54, 1.807) is 17.6 Å². The minimum Gasteiger partial charge on any atom is -0.462 e. The van der Waals surface area contributed by atoms with Crippen molar-refractivity contribution in [1.82, 2.24) is 15.5 Å². The molecule has 0 aromatic carbocycles. The molecule has 0 aliphatic heterocycles. The molecule has 1 N–H and O–H groups in total. The van der Waals surface area contributed by atoms with E-state index in [1.165, 1.54) is 0 Å². The van der Waals surface area contributed by atoms with Crippen LogP contribution in [0.25, 0.3) is 10.8 Å². The van der Waals surface area contributed by atoms with Gasteiger partial charge in [-0.2, -0.15) is 0 Å². The van der Waals surface area contributed by atoms with E-state index in [4.69, 9.17) is 4.42 Å². The number of hydrogen-bond acceptors (Lipinski definition) is 5. The van der Waals surface area contributed by atoms with Crippen LogP contribution in [0.15, 0.2) is 22.8 Å². The molecule has 15 heavy (non-hydrogen) atoms. The average Bonchev–Trinajstić information content (AvgIpc) is 2.87. The van der Waals surface area contributed by atoms with Crippen LogP contribution in [0.5, 0.6) is 0 Å². The third-order valence-electron chi connectivity index (χ3n) is 2.02. The maximum atomic E-state index is 5.25. The number of nitrogens with zero attached hydrogens (tertiary/aromatic N) is 2. The van der Waals surface area contributed by atoms with Crippen molar-refractivity contribution in [3.63, 3.8) is 0 Å². The monoisotopic (exact) mass is 223 g/mol. The van der Waals surface area contributed by atoms with Gasteiger partial charge in [-0.05, 0) is 32.1 Å². The van der Waals surface area contributed by atoms with Crippen LogP contribution >= 0.6 is 11.3 Å². The van der Waals surface area contributed by atoms with Crippen molar-refractivity contribution in [1.29, 1.82) is 0 Å². The van der Waals surface area contributed by atoms with E-state index in [0.29, 0.717) is 0 Å². The smallest absolute Gasteiger partial charge is 0.183 e. The molecule has 0 fully saturated rings. The molecule has 0 aliphatic rings. The van der Waals surface area contributed by atoms with E-state index >= 15 is 0 Å². The summed E-state index contributed by atoms with van der Waals surface area (Å²) >= 11 is 1.60. The quantitative estimate of drug-likeness (QED) is 0.787. The van der Waals surface area contributed by atoms with Gasteiger partial charge in [0.2, 0.25) is 0 Å². The molecule has 5 heteroatoms. The van der Waals surface area contributed by atoms with Gasteiger partial charge < -0.3 is 9.73 Å². The summed E-state index contributed by atoms with van der Waals surface area (Å²) in [5, 5.41) is 13.3. The van der Waals surface area contributed by atoms with Crippen molar-refractivity contribution < 1.29 is 4.42 Å². The number of furan rings is 1. The second-order valence-corrected chi connectivity index (χ2v) is 4.25. The highest BCUT2D eigenvalue weighted by molar-refractivity contribution is 7.14. The largest absolute Gasteiger partial charge is 0.462 e. The summed E-state index contributed by atoms with van der Waals surface area (Å²) in [5.74, 6) is 0.798. The van der Waals surface area contributed by atoms with Crippen LogP contribution < -0.4 is 5.32 Å². The van der Waals surface area contributed by atoms with Crippen molar-refractivity contribution in [3.05, 3.63) is 23.4 Å². The first-order valence-electron chi connectivity index (χ1n) is 4.91. The lowest BCUT2D eigenvalue weighted by Crippen LogP contribution is -2.08. The summed E-state index contributed by atoms with van der Waals surface area (Å²) in [6, 6.07) is 3.76. The Labute approximate surface area is 92.3 Å². The van der Waals surface area contributed by atoms with Crippen molar-refractivity contribution in [2.24, 2.45) is 0 Å². The minimum absolute atomic E-state index is 0.798. The minimum atomic E-state index is 0.798. The average molecular weight is 223 g/mol. The van der Waals surface area contributed by atoms with E-state index in [2.05, 4.69) is 15.5 Å². The van der Waals surface area contributed by atoms with E-state index in [9.17, 15) is 0 Å². The topological polar surface area (TPSA) is 51.0 Å². The van der Waals surface area contributed by atoms with E-state index in [1.807, 2.05) is 19.2 Å². The standard InChI is InChI=1S/C10H13N3OS/c1-11-6-2-5-9-12-13-10(15-9)8-4-3-7-14-8/h3-4,7,11H,2,5-6H2,1H3. The molecule has 2 rings (SSSR count). The van der Waals surface area contributed by atoms with Gasteiger partial charge in [-0.25, -0.2) is 0 Å². The van der Waals surface area contributed by atoms with Crippen molar-refractivity contribution >= 4 is 11.3 Å². The highest BCUT2D eigenvalue weighted by atomic mass is 32.1. The first-order valence-corrected chi connectivity index (χ1v) is 5.72. The van der Waals surface area contributed by atoms with Crippen LogP contribution in [0.3, 0.4) is 0 Å². The SMILES string of the molecule is CNCCCc1nnc(-c2ccco2)s1. The molecule has 0 bridgehead atoms. The van der Waals surface area contributed by atoms with Crippen molar-refractivity contribution in [2.45, 2.75) is 12.8 Å². The molecule has 0 atom stereocenters. The number of hydrogen-bond donors (Lipinski definition) is 1. The normalized spacial score (nSPS) is 10.7. The number of rotatable bonds is 5. The maximum Gasteiger partial charge on any atom is 0.183 e. The first kappa shape index (κ1) is 10.3. The first-order chi connectivity index (χ1) is 7.40. The summed E-state index contributed by atoms with van der Waals surface area (Å²) in [7, 11) is 1.95. The molecule has 0 unspecified atom stereocenters. The van der Waals surface area contributed by atoms with Gasteiger partial charge in [0.15, 0.2) is 10.8 Å². The van der Waals surface area contributed by atoms with Crippen LogP contribution in [0.4, 0.5) is 0 Å². The predicted molar refractivity (Wildman–Crippen MR) is 59.9 cm³/mol. The zero-order valence-corrected chi connectivity index (χ0v) is 9.38. The van der Waals surface area contributed by atoms with Crippen LogP contribution in [0.2, 0.25) is 0 Å². The Morgan fingerprint density at radius 3 is 3.13 bits per heavy atom. The Kier molecular flexibility index (Phi) is 3.47. The Hall–Kier alpha value is -1.20. The molecule has 4 nitrogen and oxygen atoms in total. The highest BCUT2D eigenvalue weighted by Crippen LogP contribution is 2.23. The second-order valence-electron chi connectivity index (χ2n) is 3.19. The fourth-order valence-corrected chi connectivity index (χ4v) is 2.12. The van der Waals surface area contributed by atoms with Gasteiger partial charge in [0.05, 0.1) is 6.26 Å². The maximum absolute atomic E-state index is 5.25. The van der Waals surface area contributed by atoms with E-state index in [0.717, 1.165) is 35.2 Å². The molecule has 0 spiro atoms. The van der Waals surface area contributed by atoms with E-state index in [-0.39, 0.29) is 0 Å². The molecule has 0 radical (unpaired) electrons. The third-order valence-corrected chi connectivity index (χ3v) is 3.01. The molecule has 0 saturated carbocycles. The number of aryl methyl sites for hydroxylation is 1. The Morgan fingerprint density at radius 2 is 2.40 bits per heavy atom. The highest BCUT2D eigenvalue weighted by Gasteiger charge is 2.07. The predicted octanol–water partition coefficient (Wildman–Crippen LogP) is 1.95. The Morgan fingerprint density at radius 1 is 1.47 bits per heavy atom. The lowest BCUT2D eigenvalue weighted by Gasteiger charge is -1.94. The van der Waals surface area contributed by atoms with Gasteiger partial charge in [0, 0.05) is 6.42 Å². The van der Waals surface area contributed by atoms with Gasteiger partial charge >= 0.3 is 0 Å². The van der Waals surface area contributed by atoms with Crippen molar-refractivity contribution in [3.8, 4) is 10.8 Å². The number of aromatic nitrogens is 2. The van der Waals surface area contributed by atoms with Crippen molar-refractivity contribution in [2.75, 3.05) is 13.6 Å². The van der Waals surface area contributed by atoms with Crippen LogP contribution in [-0.2, 0) is 6.42 Å². The molecule has 0 aliphatic carbocycles. The molecule has 2 aromatic rings. The molecule has 0 saturated heterocycles. The fourth-order valence-electron chi connectivity index (χ4n) is 1.27. The molecule has 80 valence electrons. The van der Waals surface area contributed by atoms with Crippen LogP contribution in [0, 0.1) is 0 Å². The van der Waals surface area contributed by atoms with Gasteiger partial charge in [0.25, 0.3) is 0 Å². The van der Waals surface area contributed by atoms with E-state index < -0.39 is 0 Å². The molecule has 0 amide bonds. The third kappa shape index (κ3) is 2.64. The summed E-state index contributed by atoms with van der Waals surface area (Å²) in [6.07, 6.45) is 3.71. The molecule has 2 aromatic heterocycles. The summed E-state index contributed by atoms with van der Waals surface area (Å²) in [6.45, 7) is 1.01. The second kappa shape index (κ2) is 5.04. The molecular formula is C10H13N3OS. The lowest BCUT2D eigenvalue weighted by molar-refractivity contribution is 0.581. The zero-order valence-electron chi connectivity index (χ0n) is 8.56.